The van der Waals surface area contributed by atoms with Crippen LogP contribution in [0.2, 0.25) is 0 Å². The first-order valence-corrected chi connectivity index (χ1v) is 6.40. The van der Waals surface area contributed by atoms with Gasteiger partial charge in [0.2, 0.25) is 0 Å². The van der Waals surface area contributed by atoms with Crippen molar-refractivity contribution in [3.8, 4) is 0 Å². The summed E-state index contributed by atoms with van der Waals surface area (Å²) in [5, 5.41) is 2.43. The largest absolute Gasteiger partial charge is 0.296 e. The molecule has 3 heterocycles. The number of benzene rings is 1. The smallest absolute Gasteiger partial charge is 0.255 e. The van der Waals surface area contributed by atoms with E-state index < -0.39 is 0 Å². The standard InChI is InChI=1S/C16H14N3/c1-11-7-8-17-15-12-5-3-4-6-13(12)19-10-9-18(2)16(19)14(11)15/h3-10H,1-2H3/q+1. The van der Waals surface area contributed by atoms with Crippen molar-refractivity contribution in [2.75, 3.05) is 0 Å². The van der Waals surface area contributed by atoms with Gasteiger partial charge in [0.05, 0.1) is 18.0 Å². The van der Waals surface area contributed by atoms with E-state index >= 15 is 0 Å². The summed E-state index contributed by atoms with van der Waals surface area (Å²) in [6.45, 7) is 2.14. The molecule has 3 nitrogen and oxygen atoms in total. The summed E-state index contributed by atoms with van der Waals surface area (Å²) in [4.78, 5) is 4.61. The number of nitrogens with zero attached hydrogens (tertiary/aromatic N) is 3. The molecule has 0 aliphatic rings. The second-order valence-corrected chi connectivity index (χ2v) is 4.97. The minimum atomic E-state index is 1.08. The van der Waals surface area contributed by atoms with Crippen LogP contribution in [0.15, 0.2) is 48.9 Å². The van der Waals surface area contributed by atoms with Crippen LogP contribution in [0.1, 0.15) is 5.56 Å². The Morgan fingerprint density at radius 3 is 2.89 bits per heavy atom. The van der Waals surface area contributed by atoms with Gasteiger partial charge in [0.25, 0.3) is 5.65 Å². The van der Waals surface area contributed by atoms with E-state index in [1.807, 2.05) is 6.20 Å². The molecule has 4 aromatic rings. The third-order valence-corrected chi connectivity index (χ3v) is 3.80. The van der Waals surface area contributed by atoms with Crippen LogP contribution in [0.3, 0.4) is 0 Å². The summed E-state index contributed by atoms with van der Waals surface area (Å²) in [6, 6.07) is 10.5. The van der Waals surface area contributed by atoms with Gasteiger partial charge >= 0.3 is 0 Å². The molecule has 0 unspecified atom stereocenters. The summed E-state index contributed by atoms with van der Waals surface area (Å²) in [6.07, 6.45) is 6.10. The summed E-state index contributed by atoms with van der Waals surface area (Å²) in [5.41, 5.74) is 4.73. The average Bonchev–Trinajstić information content (AvgIpc) is 2.82. The highest BCUT2D eigenvalue weighted by Crippen LogP contribution is 2.28. The molecule has 1 aromatic carbocycles. The van der Waals surface area contributed by atoms with Crippen molar-refractivity contribution in [2.24, 2.45) is 7.05 Å². The van der Waals surface area contributed by atoms with Crippen molar-refractivity contribution in [3.63, 3.8) is 0 Å². The van der Waals surface area contributed by atoms with Crippen molar-refractivity contribution >= 4 is 27.5 Å². The summed E-state index contributed by atoms with van der Waals surface area (Å²) >= 11 is 0. The number of fused-ring (bicyclic) bond motifs is 6. The Morgan fingerprint density at radius 1 is 1.16 bits per heavy atom. The Balaban J connectivity index is 2.49. The third-order valence-electron chi connectivity index (χ3n) is 3.80. The van der Waals surface area contributed by atoms with Crippen LogP contribution in [-0.2, 0) is 7.05 Å². The van der Waals surface area contributed by atoms with E-state index in [0.717, 1.165) is 5.52 Å². The predicted molar refractivity (Wildman–Crippen MR) is 76.1 cm³/mol. The van der Waals surface area contributed by atoms with Crippen LogP contribution in [0, 0.1) is 6.92 Å². The maximum absolute atomic E-state index is 4.61. The Bertz CT molecular complexity index is 935. The van der Waals surface area contributed by atoms with Gasteiger partial charge in [-0.05, 0) is 30.7 Å². The lowest BCUT2D eigenvalue weighted by molar-refractivity contribution is -0.643. The zero-order valence-corrected chi connectivity index (χ0v) is 11.0. The fourth-order valence-corrected chi connectivity index (χ4v) is 2.90. The molecule has 0 bridgehead atoms. The molecule has 0 saturated carbocycles. The number of rotatable bonds is 0. The van der Waals surface area contributed by atoms with E-state index in [-0.39, 0.29) is 0 Å². The molecule has 0 aliphatic carbocycles. The molecule has 0 N–H and O–H groups in total. The topological polar surface area (TPSA) is 21.2 Å². The van der Waals surface area contributed by atoms with Gasteiger partial charge in [0.1, 0.15) is 17.9 Å². The first-order chi connectivity index (χ1) is 9.27. The molecule has 3 heteroatoms. The van der Waals surface area contributed by atoms with Crippen LogP contribution in [0.25, 0.3) is 27.5 Å². The molecular weight excluding hydrogens is 234 g/mol. The molecule has 92 valence electrons. The van der Waals surface area contributed by atoms with E-state index in [9.17, 15) is 0 Å². The van der Waals surface area contributed by atoms with Crippen molar-refractivity contribution < 1.29 is 4.57 Å². The van der Waals surface area contributed by atoms with E-state index in [1.54, 1.807) is 0 Å². The molecule has 0 fully saturated rings. The van der Waals surface area contributed by atoms with E-state index in [4.69, 9.17) is 0 Å². The van der Waals surface area contributed by atoms with E-state index in [1.165, 1.54) is 27.5 Å². The van der Waals surface area contributed by atoms with Gasteiger partial charge in [-0.2, -0.15) is 4.40 Å². The zero-order chi connectivity index (χ0) is 13.0. The van der Waals surface area contributed by atoms with Gasteiger partial charge in [-0.3, -0.25) is 4.98 Å². The molecule has 4 rings (SSSR count). The molecule has 0 aliphatic heterocycles. The molecule has 0 amide bonds. The molecule has 3 aromatic heterocycles. The molecular formula is C16H14N3+. The first kappa shape index (κ1) is 10.5. The molecule has 0 spiro atoms. The number of pyridine rings is 2. The van der Waals surface area contributed by atoms with Crippen LogP contribution in [-0.4, -0.2) is 9.38 Å². The van der Waals surface area contributed by atoms with Crippen molar-refractivity contribution in [1.82, 2.24) is 9.38 Å². The summed E-state index contributed by atoms with van der Waals surface area (Å²) < 4.78 is 4.40. The summed E-state index contributed by atoms with van der Waals surface area (Å²) in [7, 11) is 2.08. The predicted octanol–water partition coefficient (Wildman–Crippen LogP) is 2.77. The molecule has 19 heavy (non-hydrogen) atoms. The second-order valence-electron chi connectivity index (χ2n) is 4.97. The Hall–Kier alpha value is -2.42. The van der Waals surface area contributed by atoms with Gasteiger partial charge in [-0.1, -0.05) is 12.1 Å². The second kappa shape index (κ2) is 3.54. The maximum Gasteiger partial charge on any atom is 0.296 e. The fourth-order valence-electron chi connectivity index (χ4n) is 2.90. The average molecular weight is 248 g/mol. The van der Waals surface area contributed by atoms with Crippen molar-refractivity contribution in [2.45, 2.75) is 6.92 Å². The number of para-hydroxylation sites is 1. The first-order valence-electron chi connectivity index (χ1n) is 6.40. The normalized spacial score (nSPS) is 11.7. The number of hydrogen-bond donors (Lipinski definition) is 0. The molecule has 0 saturated heterocycles. The van der Waals surface area contributed by atoms with Crippen LogP contribution in [0.4, 0.5) is 0 Å². The van der Waals surface area contributed by atoms with Crippen molar-refractivity contribution in [1.29, 1.82) is 0 Å². The van der Waals surface area contributed by atoms with Crippen LogP contribution >= 0.6 is 0 Å². The number of hydrogen-bond acceptors (Lipinski definition) is 1. The van der Waals surface area contributed by atoms with Gasteiger partial charge in [-0.25, -0.2) is 4.57 Å². The van der Waals surface area contributed by atoms with Gasteiger partial charge in [0, 0.05) is 11.6 Å². The Kier molecular flexibility index (Phi) is 1.96. The third kappa shape index (κ3) is 1.27. The number of aryl methyl sites for hydroxylation is 2. The highest BCUT2D eigenvalue weighted by Gasteiger charge is 2.18. The highest BCUT2D eigenvalue weighted by molar-refractivity contribution is 6.09. The lowest BCUT2D eigenvalue weighted by atomic mass is 10.1. The Labute approximate surface area is 110 Å². The van der Waals surface area contributed by atoms with Crippen molar-refractivity contribution in [3.05, 3.63) is 54.5 Å². The molecule has 0 radical (unpaired) electrons. The summed E-state index contributed by atoms with van der Waals surface area (Å²) in [5.74, 6) is 0. The van der Waals surface area contributed by atoms with Gasteiger partial charge in [-0.15, -0.1) is 0 Å². The van der Waals surface area contributed by atoms with Gasteiger partial charge in [0.15, 0.2) is 0 Å². The quantitative estimate of drug-likeness (QED) is 0.346. The number of imidazole rings is 1. The SMILES string of the molecule is Cc1ccnc2c3ccccc3n3cc[n+](C)c3c12. The van der Waals surface area contributed by atoms with E-state index in [2.05, 4.69) is 70.6 Å². The monoisotopic (exact) mass is 248 g/mol. The minimum Gasteiger partial charge on any atom is -0.255 e. The van der Waals surface area contributed by atoms with Gasteiger partial charge < -0.3 is 0 Å². The maximum atomic E-state index is 4.61. The van der Waals surface area contributed by atoms with Crippen LogP contribution in [0.5, 0.6) is 0 Å². The highest BCUT2D eigenvalue weighted by atomic mass is 15.1. The number of aromatic nitrogens is 3. The van der Waals surface area contributed by atoms with E-state index in [0.29, 0.717) is 0 Å². The zero-order valence-electron chi connectivity index (χ0n) is 11.0. The minimum absolute atomic E-state index is 1.08. The fraction of sp³-hybridized carbons (Fsp3) is 0.125. The molecule has 0 atom stereocenters. The lowest BCUT2D eigenvalue weighted by Gasteiger charge is -2.05. The Morgan fingerprint density at radius 2 is 2.00 bits per heavy atom. The van der Waals surface area contributed by atoms with Crippen LogP contribution < -0.4 is 4.57 Å². The lowest BCUT2D eigenvalue weighted by Crippen LogP contribution is -2.26.